The van der Waals surface area contributed by atoms with Crippen molar-refractivity contribution in [3.63, 3.8) is 0 Å². The van der Waals surface area contributed by atoms with E-state index in [4.69, 9.17) is 5.26 Å². The van der Waals surface area contributed by atoms with E-state index < -0.39 is 0 Å². The molecule has 16 heavy (non-hydrogen) atoms. The van der Waals surface area contributed by atoms with Crippen LogP contribution in [0, 0.1) is 17.2 Å². The molecule has 0 saturated heterocycles. The Labute approximate surface area is 94.9 Å². The Balaban J connectivity index is 1.97. The van der Waals surface area contributed by atoms with E-state index in [1.54, 1.807) is 12.3 Å². The summed E-state index contributed by atoms with van der Waals surface area (Å²) in [7, 11) is 0. The van der Waals surface area contributed by atoms with Gasteiger partial charge in [0.2, 0.25) is 0 Å². The van der Waals surface area contributed by atoms with Gasteiger partial charge in [-0.15, -0.1) is 0 Å². The molecule has 1 fully saturated rings. The normalized spacial score (nSPS) is 24.0. The summed E-state index contributed by atoms with van der Waals surface area (Å²) in [6.45, 7) is 0.710. The molecule has 1 aromatic heterocycles. The van der Waals surface area contributed by atoms with Gasteiger partial charge in [0.05, 0.1) is 11.8 Å². The van der Waals surface area contributed by atoms with Crippen molar-refractivity contribution in [3.05, 3.63) is 24.0 Å². The van der Waals surface area contributed by atoms with Crippen molar-refractivity contribution >= 4 is 5.69 Å². The predicted molar refractivity (Wildman–Crippen MR) is 60.8 cm³/mol. The van der Waals surface area contributed by atoms with Crippen molar-refractivity contribution in [3.8, 4) is 6.07 Å². The summed E-state index contributed by atoms with van der Waals surface area (Å²) in [5.41, 5.74) is 1.17. The van der Waals surface area contributed by atoms with Crippen LogP contribution >= 0.6 is 0 Å². The third-order valence-electron chi connectivity index (χ3n) is 3.09. The third-order valence-corrected chi connectivity index (χ3v) is 3.09. The maximum absolute atomic E-state index is 9.67. The smallest absolute Gasteiger partial charge is 0.163 e. The van der Waals surface area contributed by atoms with Gasteiger partial charge in [-0.1, -0.05) is 6.42 Å². The van der Waals surface area contributed by atoms with E-state index in [9.17, 15) is 5.11 Å². The fraction of sp³-hybridized carbons (Fsp3) is 0.500. The minimum atomic E-state index is -0.199. The van der Waals surface area contributed by atoms with Gasteiger partial charge in [0.1, 0.15) is 6.07 Å². The van der Waals surface area contributed by atoms with Crippen molar-refractivity contribution in [1.29, 1.82) is 5.26 Å². The first kappa shape index (κ1) is 10.9. The highest BCUT2D eigenvalue weighted by Crippen LogP contribution is 2.26. The Morgan fingerprint density at radius 3 is 3.12 bits per heavy atom. The zero-order valence-electron chi connectivity index (χ0n) is 9.06. The molecular weight excluding hydrogens is 202 g/mol. The fourth-order valence-electron chi connectivity index (χ4n) is 2.13. The number of aromatic nitrogens is 1. The summed E-state index contributed by atoms with van der Waals surface area (Å²) in [6.07, 6.45) is 4.44. The van der Waals surface area contributed by atoms with Crippen LogP contribution in [0.3, 0.4) is 0 Å². The van der Waals surface area contributed by atoms with E-state index in [0.29, 0.717) is 18.2 Å². The van der Waals surface area contributed by atoms with Gasteiger partial charge in [-0.05, 0) is 25.0 Å². The molecule has 1 aliphatic carbocycles. The van der Waals surface area contributed by atoms with E-state index in [2.05, 4.69) is 10.3 Å². The number of anilines is 1. The molecular formula is C12H15N3O. The highest BCUT2D eigenvalue weighted by atomic mass is 16.3. The molecule has 84 valence electrons. The molecule has 2 N–H and O–H groups in total. The predicted octanol–water partition coefficient (Wildman–Crippen LogP) is 1.53. The number of aliphatic hydroxyl groups is 1. The molecule has 1 heterocycles. The molecule has 1 aliphatic rings. The van der Waals surface area contributed by atoms with Crippen molar-refractivity contribution in [1.82, 2.24) is 4.98 Å². The van der Waals surface area contributed by atoms with Crippen LogP contribution in [0.1, 0.15) is 25.0 Å². The summed E-state index contributed by atoms with van der Waals surface area (Å²) in [4.78, 5) is 3.98. The van der Waals surface area contributed by atoms with Crippen molar-refractivity contribution in [2.24, 2.45) is 5.92 Å². The van der Waals surface area contributed by atoms with Crippen LogP contribution in [0.25, 0.3) is 0 Å². The number of hydrogen-bond donors (Lipinski definition) is 2. The molecule has 0 bridgehead atoms. The number of nitriles is 1. The van der Waals surface area contributed by atoms with Gasteiger partial charge in [0.25, 0.3) is 0 Å². The summed E-state index contributed by atoms with van der Waals surface area (Å²) in [6, 6.07) is 5.69. The van der Waals surface area contributed by atoms with Crippen LogP contribution < -0.4 is 5.32 Å². The number of rotatable bonds is 3. The monoisotopic (exact) mass is 217 g/mol. The Hall–Kier alpha value is -1.60. The lowest BCUT2D eigenvalue weighted by Gasteiger charge is -2.16. The Morgan fingerprint density at radius 1 is 1.56 bits per heavy atom. The zero-order chi connectivity index (χ0) is 11.4. The van der Waals surface area contributed by atoms with Crippen LogP contribution in [-0.4, -0.2) is 22.7 Å². The largest absolute Gasteiger partial charge is 0.393 e. The number of pyridine rings is 1. The van der Waals surface area contributed by atoms with E-state index in [1.807, 2.05) is 12.1 Å². The summed E-state index contributed by atoms with van der Waals surface area (Å²) in [5, 5.41) is 21.7. The second-order valence-corrected chi connectivity index (χ2v) is 4.15. The highest BCUT2D eigenvalue weighted by molar-refractivity contribution is 5.53. The van der Waals surface area contributed by atoms with E-state index in [1.165, 1.54) is 0 Å². The molecule has 1 saturated carbocycles. The average Bonchev–Trinajstić information content (AvgIpc) is 2.72. The SMILES string of the molecule is N#Cc1ncccc1NCC1CCCC1O. The lowest BCUT2D eigenvalue weighted by molar-refractivity contribution is 0.138. The molecule has 0 spiro atoms. The first-order valence-electron chi connectivity index (χ1n) is 5.58. The third kappa shape index (κ3) is 2.31. The molecule has 2 unspecified atom stereocenters. The molecule has 0 amide bonds. The molecule has 0 aliphatic heterocycles. The molecule has 4 nitrogen and oxygen atoms in total. The quantitative estimate of drug-likeness (QED) is 0.805. The van der Waals surface area contributed by atoms with Crippen LogP contribution in [0.15, 0.2) is 18.3 Å². The van der Waals surface area contributed by atoms with Crippen molar-refractivity contribution in [2.75, 3.05) is 11.9 Å². The van der Waals surface area contributed by atoms with Gasteiger partial charge >= 0.3 is 0 Å². The standard InChI is InChI=1S/C12H15N3O/c13-7-11-10(4-2-6-14-11)15-8-9-3-1-5-12(9)16/h2,4,6,9,12,15-16H,1,3,5,8H2. The Bertz CT molecular complexity index is 399. The van der Waals surface area contributed by atoms with E-state index >= 15 is 0 Å². The molecule has 0 aromatic carbocycles. The molecule has 1 aromatic rings. The lowest BCUT2D eigenvalue weighted by atomic mass is 10.1. The van der Waals surface area contributed by atoms with Crippen LogP contribution in [0.2, 0.25) is 0 Å². The van der Waals surface area contributed by atoms with Gasteiger partial charge in [-0.2, -0.15) is 5.26 Å². The number of hydrogen-bond acceptors (Lipinski definition) is 4. The highest BCUT2D eigenvalue weighted by Gasteiger charge is 2.24. The van der Waals surface area contributed by atoms with Gasteiger partial charge in [-0.3, -0.25) is 0 Å². The van der Waals surface area contributed by atoms with Crippen molar-refractivity contribution < 1.29 is 5.11 Å². The van der Waals surface area contributed by atoms with Crippen LogP contribution in [0.4, 0.5) is 5.69 Å². The van der Waals surface area contributed by atoms with E-state index in [-0.39, 0.29) is 6.10 Å². The zero-order valence-corrected chi connectivity index (χ0v) is 9.06. The van der Waals surface area contributed by atoms with Crippen LogP contribution in [0.5, 0.6) is 0 Å². The maximum atomic E-state index is 9.67. The fourth-order valence-corrected chi connectivity index (χ4v) is 2.13. The molecule has 0 radical (unpaired) electrons. The first-order valence-corrected chi connectivity index (χ1v) is 5.58. The van der Waals surface area contributed by atoms with Gasteiger partial charge in [0.15, 0.2) is 5.69 Å². The number of nitrogens with one attached hydrogen (secondary N) is 1. The minimum absolute atomic E-state index is 0.199. The number of aliphatic hydroxyl groups excluding tert-OH is 1. The second kappa shape index (κ2) is 4.95. The van der Waals surface area contributed by atoms with Gasteiger partial charge in [0, 0.05) is 18.7 Å². The van der Waals surface area contributed by atoms with Crippen molar-refractivity contribution in [2.45, 2.75) is 25.4 Å². The summed E-state index contributed by atoms with van der Waals surface area (Å²) in [5.74, 6) is 0.298. The minimum Gasteiger partial charge on any atom is -0.393 e. The maximum Gasteiger partial charge on any atom is 0.163 e. The lowest BCUT2D eigenvalue weighted by Crippen LogP contribution is -2.22. The van der Waals surface area contributed by atoms with Gasteiger partial charge < -0.3 is 10.4 Å². The van der Waals surface area contributed by atoms with Crippen LogP contribution in [-0.2, 0) is 0 Å². The summed E-state index contributed by atoms with van der Waals surface area (Å²) < 4.78 is 0. The molecule has 2 rings (SSSR count). The van der Waals surface area contributed by atoms with E-state index in [0.717, 1.165) is 24.9 Å². The summed E-state index contributed by atoms with van der Waals surface area (Å²) >= 11 is 0. The molecule has 4 heteroatoms. The Kier molecular flexibility index (Phi) is 3.37. The second-order valence-electron chi connectivity index (χ2n) is 4.15. The van der Waals surface area contributed by atoms with Gasteiger partial charge in [-0.25, -0.2) is 4.98 Å². The number of nitrogens with zero attached hydrogens (tertiary/aromatic N) is 2. The topological polar surface area (TPSA) is 68.9 Å². The Morgan fingerprint density at radius 2 is 2.44 bits per heavy atom. The molecule has 2 atom stereocenters. The first-order chi connectivity index (χ1) is 7.81. The average molecular weight is 217 g/mol.